The molecule has 0 radical (unpaired) electrons. The maximum absolute atomic E-state index is 10.8. The Labute approximate surface area is 91.3 Å². The lowest BCUT2D eigenvalue weighted by Crippen LogP contribution is -2.28. The second-order valence-electron chi connectivity index (χ2n) is 3.70. The van der Waals surface area contributed by atoms with E-state index in [0.717, 1.165) is 5.56 Å². The van der Waals surface area contributed by atoms with Gasteiger partial charge in [-0.25, -0.2) is 4.79 Å². The molecule has 1 unspecified atom stereocenters. The van der Waals surface area contributed by atoms with Crippen molar-refractivity contribution < 1.29 is 14.0 Å². The van der Waals surface area contributed by atoms with Crippen LogP contribution in [0.3, 0.4) is 0 Å². The second kappa shape index (κ2) is 3.94. The first-order valence-corrected chi connectivity index (χ1v) is 4.80. The second-order valence-corrected chi connectivity index (χ2v) is 3.70. The Hall–Kier alpha value is -1.88. The van der Waals surface area contributed by atoms with Crippen LogP contribution in [0.2, 0.25) is 0 Å². The molecule has 0 saturated carbocycles. The Bertz CT molecular complexity index is 516. The molecule has 1 aromatic heterocycles. The highest BCUT2D eigenvalue weighted by molar-refractivity contribution is 5.30. The van der Waals surface area contributed by atoms with E-state index in [1.807, 2.05) is 30.3 Å². The molecule has 5 heteroatoms. The summed E-state index contributed by atoms with van der Waals surface area (Å²) in [6.07, 6.45) is 0. The number of aromatic nitrogens is 1. The van der Waals surface area contributed by atoms with E-state index in [4.69, 9.17) is 4.42 Å². The highest BCUT2D eigenvalue weighted by Gasteiger charge is 2.34. The fraction of sp³-hybridized carbons (Fsp3) is 0.273. The van der Waals surface area contributed by atoms with Gasteiger partial charge in [0, 0.05) is 0 Å². The Morgan fingerprint density at radius 1 is 1.38 bits per heavy atom. The first kappa shape index (κ1) is 10.6. The Kier molecular flexibility index (Phi) is 2.62. The fourth-order valence-electron chi connectivity index (χ4n) is 1.50. The van der Waals surface area contributed by atoms with E-state index in [1.165, 1.54) is 0 Å². The summed E-state index contributed by atoms with van der Waals surface area (Å²) in [5, 5.41) is 13.0. The molecular weight excluding hydrogens is 210 g/mol. The average molecular weight is 221 g/mol. The minimum atomic E-state index is -0.870. The molecule has 1 heterocycles. The first-order valence-electron chi connectivity index (χ1n) is 4.80. The molecule has 0 spiro atoms. The molecule has 1 atom stereocenters. The van der Waals surface area contributed by atoms with Crippen molar-refractivity contribution in [3.63, 3.8) is 0 Å². The Balaban J connectivity index is 2.52. The van der Waals surface area contributed by atoms with Crippen LogP contribution in [0.15, 0.2) is 44.1 Å². The number of hydrogen-bond acceptors (Lipinski definition) is 5. The van der Waals surface area contributed by atoms with E-state index in [-0.39, 0.29) is 12.5 Å². The third-order valence-electron chi connectivity index (χ3n) is 2.58. The van der Waals surface area contributed by atoms with Crippen LogP contribution in [0.5, 0.6) is 0 Å². The van der Waals surface area contributed by atoms with Gasteiger partial charge in [-0.05, 0) is 17.6 Å². The molecule has 0 bridgehead atoms. The molecule has 0 fully saturated rings. The van der Waals surface area contributed by atoms with Crippen molar-refractivity contribution in [3.05, 3.63) is 52.4 Å². The van der Waals surface area contributed by atoms with Crippen LogP contribution in [-0.2, 0) is 5.41 Å². The average Bonchev–Trinajstić information content (AvgIpc) is 2.76. The lowest BCUT2D eigenvalue weighted by Gasteiger charge is -2.22. The molecule has 0 aliphatic rings. The quantitative estimate of drug-likeness (QED) is 0.834. The van der Waals surface area contributed by atoms with Gasteiger partial charge in [0.2, 0.25) is 0 Å². The lowest BCUT2D eigenvalue weighted by molar-refractivity contribution is 0.204. The summed E-state index contributed by atoms with van der Waals surface area (Å²) in [6.45, 7) is 1.50. The monoisotopic (exact) mass is 221 g/mol. The number of hydrogen-bond donors (Lipinski definition) is 1. The van der Waals surface area contributed by atoms with Crippen LogP contribution < -0.4 is 5.82 Å². The summed E-state index contributed by atoms with van der Waals surface area (Å²) in [7, 11) is 0. The Morgan fingerprint density at radius 3 is 2.56 bits per heavy atom. The first-order chi connectivity index (χ1) is 7.66. The van der Waals surface area contributed by atoms with Gasteiger partial charge >= 0.3 is 5.82 Å². The van der Waals surface area contributed by atoms with Crippen LogP contribution in [0.1, 0.15) is 18.4 Å². The van der Waals surface area contributed by atoms with Crippen molar-refractivity contribution in [2.24, 2.45) is 0 Å². The summed E-state index contributed by atoms with van der Waals surface area (Å²) in [5.74, 6) is -0.795. The number of rotatable bonds is 3. The third kappa shape index (κ3) is 1.65. The minimum Gasteiger partial charge on any atom is -0.395 e. The van der Waals surface area contributed by atoms with Gasteiger partial charge in [0.05, 0.1) is 12.0 Å². The molecule has 84 valence electrons. The summed E-state index contributed by atoms with van der Waals surface area (Å²) in [5.41, 5.74) is -0.0671. The van der Waals surface area contributed by atoms with Crippen LogP contribution >= 0.6 is 0 Å². The zero-order chi connectivity index (χ0) is 11.6. The van der Waals surface area contributed by atoms with Crippen LogP contribution in [0.25, 0.3) is 0 Å². The maximum atomic E-state index is 10.8. The molecule has 2 aromatic rings. The van der Waals surface area contributed by atoms with E-state index in [9.17, 15) is 9.90 Å². The topological polar surface area (TPSA) is 76.5 Å². The summed E-state index contributed by atoms with van der Waals surface area (Å²) < 4.78 is 9.15. The predicted molar refractivity (Wildman–Crippen MR) is 55.0 cm³/mol. The van der Waals surface area contributed by atoms with Crippen LogP contribution in [-0.4, -0.2) is 16.9 Å². The molecule has 2 rings (SSSR count). The molecule has 5 nitrogen and oxygen atoms in total. The van der Waals surface area contributed by atoms with Gasteiger partial charge in [0.15, 0.2) is 0 Å². The fourth-order valence-corrected chi connectivity index (χ4v) is 1.50. The van der Waals surface area contributed by atoms with E-state index in [0.29, 0.717) is 0 Å². The molecule has 0 aliphatic carbocycles. The molecular formula is C11H11NO4. The largest absolute Gasteiger partial charge is 0.542 e. The van der Waals surface area contributed by atoms with E-state index in [2.05, 4.69) is 9.68 Å². The van der Waals surface area contributed by atoms with Gasteiger partial charge < -0.3 is 9.52 Å². The van der Waals surface area contributed by atoms with Crippen molar-refractivity contribution in [1.82, 2.24) is 5.16 Å². The molecule has 1 N–H and O–H groups in total. The van der Waals surface area contributed by atoms with E-state index in [1.54, 1.807) is 6.92 Å². The number of nitrogens with zero attached hydrogens (tertiary/aromatic N) is 1. The zero-order valence-corrected chi connectivity index (χ0v) is 8.71. The highest BCUT2D eigenvalue weighted by atomic mass is 16.6. The SMILES string of the molecule is CC(CO)(c1ccccc1)c1noc(=O)o1. The van der Waals surface area contributed by atoms with Gasteiger partial charge in [-0.1, -0.05) is 30.3 Å². The highest BCUT2D eigenvalue weighted by Crippen LogP contribution is 2.29. The summed E-state index contributed by atoms with van der Waals surface area (Å²) in [6, 6.07) is 9.18. The number of benzene rings is 1. The van der Waals surface area contributed by atoms with Crippen molar-refractivity contribution in [2.45, 2.75) is 12.3 Å². The van der Waals surface area contributed by atoms with E-state index >= 15 is 0 Å². The zero-order valence-electron chi connectivity index (χ0n) is 8.71. The standard InChI is InChI=1S/C11H11NO4/c1-11(7-13,8-5-3-2-4-6-8)9-12-16-10(14)15-9/h2-6,13H,7H2,1H3. The van der Waals surface area contributed by atoms with Crippen LogP contribution in [0, 0.1) is 0 Å². The number of aliphatic hydroxyl groups excluding tert-OH is 1. The number of aliphatic hydroxyl groups is 1. The molecule has 0 aliphatic heterocycles. The lowest BCUT2D eigenvalue weighted by atomic mass is 9.83. The molecule has 1 aromatic carbocycles. The van der Waals surface area contributed by atoms with Crippen LogP contribution in [0.4, 0.5) is 0 Å². The molecule has 0 saturated heterocycles. The van der Waals surface area contributed by atoms with Gasteiger partial charge in [-0.2, -0.15) is 0 Å². The van der Waals surface area contributed by atoms with Crippen molar-refractivity contribution in [3.8, 4) is 0 Å². The van der Waals surface area contributed by atoms with Crippen molar-refractivity contribution in [2.75, 3.05) is 6.61 Å². The third-order valence-corrected chi connectivity index (χ3v) is 2.58. The van der Waals surface area contributed by atoms with E-state index < -0.39 is 11.2 Å². The normalized spacial score (nSPS) is 14.6. The summed E-state index contributed by atoms with van der Waals surface area (Å²) in [4.78, 5) is 10.8. The van der Waals surface area contributed by atoms with Crippen molar-refractivity contribution in [1.29, 1.82) is 0 Å². The van der Waals surface area contributed by atoms with Gasteiger partial charge in [0.25, 0.3) is 5.89 Å². The molecule has 16 heavy (non-hydrogen) atoms. The minimum absolute atomic E-state index is 0.0752. The Morgan fingerprint density at radius 2 is 2.06 bits per heavy atom. The smallest absolute Gasteiger partial charge is 0.395 e. The van der Waals surface area contributed by atoms with Crippen molar-refractivity contribution >= 4 is 0 Å². The molecule has 0 amide bonds. The van der Waals surface area contributed by atoms with Gasteiger partial charge in [0.1, 0.15) is 0 Å². The maximum Gasteiger partial charge on any atom is 0.542 e. The summed E-state index contributed by atoms with van der Waals surface area (Å²) >= 11 is 0. The van der Waals surface area contributed by atoms with Gasteiger partial charge in [-0.3, -0.25) is 4.52 Å². The predicted octanol–water partition coefficient (Wildman–Crippen LogP) is 0.926. The van der Waals surface area contributed by atoms with Gasteiger partial charge in [-0.15, -0.1) is 0 Å².